The smallest absolute Gasteiger partial charge is 0.416 e. The molecule has 0 aliphatic carbocycles. The van der Waals surface area contributed by atoms with E-state index in [-0.39, 0.29) is 16.5 Å². The third kappa shape index (κ3) is 4.41. The maximum Gasteiger partial charge on any atom is 0.416 e. The molecule has 0 saturated carbocycles. The minimum absolute atomic E-state index is 0.0807. The predicted molar refractivity (Wildman–Crippen MR) is 106 cm³/mol. The molecule has 148 valence electrons. The first kappa shape index (κ1) is 20.5. The van der Waals surface area contributed by atoms with E-state index < -0.39 is 17.2 Å². The van der Waals surface area contributed by atoms with Crippen LogP contribution in [0.1, 0.15) is 24.0 Å². The van der Waals surface area contributed by atoms with Crippen LogP contribution in [0.5, 0.6) is 5.75 Å². The second kappa shape index (κ2) is 8.39. The van der Waals surface area contributed by atoms with E-state index >= 15 is 0 Å². The molecule has 0 amide bonds. The number of unbranched alkanes of at least 4 members (excludes halogenated alkanes) is 1. The molecular formula is C21H18BrF3O3. The van der Waals surface area contributed by atoms with Crippen LogP contribution in [0.2, 0.25) is 0 Å². The molecule has 28 heavy (non-hydrogen) atoms. The van der Waals surface area contributed by atoms with Crippen LogP contribution in [0, 0.1) is 6.92 Å². The molecule has 1 heterocycles. The molecule has 1 aromatic heterocycles. The quantitative estimate of drug-likeness (QED) is 0.322. The zero-order valence-electron chi connectivity index (χ0n) is 15.1. The number of fused-ring (bicyclic) bond motifs is 1. The Kier molecular flexibility index (Phi) is 6.13. The molecule has 0 aliphatic heterocycles. The Morgan fingerprint density at radius 1 is 1.07 bits per heavy atom. The summed E-state index contributed by atoms with van der Waals surface area (Å²) in [4.78, 5) is 12.6. The largest absolute Gasteiger partial charge is 0.494 e. The van der Waals surface area contributed by atoms with Gasteiger partial charge in [-0.05, 0) is 62.2 Å². The van der Waals surface area contributed by atoms with Crippen LogP contribution in [0.4, 0.5) is 13.2 Å². The molecule has 0 radical (unpaired) electrons. The van der Waals surface area contributed by atoms with Gasteiger partial charge in [0.25, 0.3) is 0 Å². The highest BCUT2D eigenvalue weighted by Gasteiger charge is 2.31. The first-order chi connectivity index (χ1) is 13.3. The fourth-order valence-electron chi connectivity index (χ4n) is 2.83. The van der Waals surface area contributed by atoms with Gasteiger partial charge in [-0.15, -0.1) is 0 Å². The van der Waals surface area contributed by atoms with Crippen molar-refractivity contribution < 1.29 is 22.3 Å². The van der Waals surface area contributed by atoms with Gasteiger partial charge in [0.15, 0.2) is 5.43 Å². The van der Waals surface area contributed by atoms with Gasteiger partial charge in [0.05, 0.1) is 17.6 Å². The number of alkyl halides is 4. The highest BCUT2D eigenvalue weighted by molar-refractivity contribution is 9.09. The van der Waals surface area contributed by atoms with Crippen LogP contribution in [0.15, 0.2) is 51.7 Å². The van der Waals surface area contributed by atoms with Crippen LogP contribution < -0.4 is 10.2 Å². The molecule has 0 N–H and O–H groups in total. The van der Waals surface area contributed by atoms with Crippen molar-refractivity contribution in [3.63, 3.8) is 0 Å². The van der Waals surface area contributed by atoms with Crippen LogP contribution in [-0.4, -0.2) is 11.9 Å². The van der Waals surface area contributed by atoms with Crippen LogP contribution in [0.3, 0.4) is 0 Å². The van der Waals surface area contributed by atoms with E-state index in [9.17, 15) is 18.0 Å². The molecule has 0 fully saturated rings. The van der Waals surface area contributed by atoms with E-state index in [4.69, 9.17) is 9.15 Å². The zero-order valence-corrected chi connectivity index (χ0v) is 16.7. The zero-order chi connectivity index (χ0) is 20.3. The standard InChI is InChI=1S/C21H18BrF3O3/c1-13-19(26)17-12-15(21(23,24)25)6-9-18(17)28-20(13)14-4-7-16(8-5-14)27-11-3-2-10-22/h4-9,12H,2-3,10-11H2,1H3. The van der Waals surface area contributed by atoms with Gasteiger partial charge in [-0.3, -0.25) is 4.79 Å². The second-order valence-electron chi connectivity index (χ2n) is 6.36. The third-order valence-electron chi connectivity index (χ3n) is 4.36. The number of benzene rings is 2. The highest BCUT2D eigenvalue weighted by atomic mass is 79.9. The van der Waals surface area contributed by atoms with Crippen molar-refractivity contribution in [3.05, 3.63) is 63.8 Å². The average molecular weight is 455 g/mol. The van der Waals surface area contributed by atoms with E-state index in [0.29, 0.717) is 23.7 Å². The van der Waals surface area contributed by atoms with Crippen molar-refractivity contribution in [2.45, 2.75) is 25.9 Å². The number of hydrogen-bond donors (Lipinski definition) is 0. The minimum Gasteiger partial charge on any atom is -0.494 e. The van der Waals surface area contributed by atoms with E-state index in [1.54, 1.807) is 31.2 Å². The summed E-state index contributed by atoms with van der Waals surface area (Å²) in [6.45, 7) is 2.15. The molecule has 0 bridgehead atoms. The summed E-state index contributed by atoms with van der Waals surface area (Å²) in [6.07, 6.45) is -2.56. The monoisotopic (exact) mass is 454 g/mol. The van der Waals surface area contributed by atoms with Gasteiger partial charge >= 0.3 is 6.18 Å². The van der Waals surface area contributed by atoms with Crippen molar-refractivity contribution in [1.82, 2.24) is 0 Å². The Morgan fingerprint density at radius 3 is 2.43 bits per heavy atom. The van der Waals surface area contributed by atoms with Crippen molar-refractivity contribution in [2.75, 3.05) is 11.9 Å². The number of hydrogen-bond acceptors (Lipinski definition) is 3. The molecule has 3 nitrogen and oxygen atoms in total. The van der Waals surface area contributed by atoms with Gasteiger partial charge in [-0.25, -0.2) is 0 Å². The molecule has 0 spiro atoms. The molecule has 3 aromatic rings. The molecule has 0 unspecified atom stereocenters. The predicted octanol–water partition coefficient (Wildman–Crippen LogP) is 6.34. The van der Waals surface area contributed by atoms with Gasteiger partial charge in [0, 0.05) is 16.5 Å². The van der Waals surface area contributed by atoms with Gasteiger partial charge in [-0.2, -0.15) is 13.2 Å². The van der Waals surface area contributed by atoms with E-state index in [0.717, 1.165) is 30.3 Å². The van der Waals surface area contributed by atoms with Crippen molar-refractivity contribution in [3.8, 4) is 17.1 Å². The van der Waals surface area contributed by atoms with Crippen LogP contribution >= 0.6 is 15.9 Å². The van der Waals surface area contributed by atoms with Gasteiger partial charge < -0.3 is 9.15 Å². The van der Waals surface area contributed by atoms with Crippen LogP contribution in [-0.2, 0) is 6.18 Å². The van der Waals surface area contributed by atoms with E-state index in [2.05, 4.69) is 15.9 Å². The van der Waals surface area contributed by atoms with Crippen molar-refractivity contribution >= 4 is 26.9 Å². The number of ether oxygens (including phenoxy) is 1. The van der Waals surface area contributed by atoms with Crippen molar-refractivity contribution in [1.29, 1.82) is 0 Å². The Hall–Kier alpha value is -2.28. The topological polar surface area (TPSA) is 39.4 Å². The minimum atomic E-state index is -4.52. The fraction of sp³-hybridized carbons (Fsp3) is 0.286. The Labute approximate surface area is 168 Å². The Balaban J connectivity index is 1.93. The van der Waals surface area contributed by atoms with E-state index in [1.165, 1.54) is 6.07 Å². The van der Waals surface area contributed by atoms with Gasteiger partial charge in [0.1, 0.15) is 17.1 Å². The molecule has 0 saturated heterocycles. The fourth-order valence-corrected chi connectivity index (χ4v) is 3.23. The molecular weight excluding hydrogens is 437 g/mol. The summed E-state index contributed by atoms with van der Waals surface area (Å²) in [7, 11) is 0. The summed E-state index contributed by atoms with van der Waals surface area (Å²) < 4.78 is 50.2. The third-order valence-corrected chi connectivity index (χ3v) is 4.92. The molecule has 0 atom stereocenters. The summed E-state index contributed by atoms with van der Waals surface area (Å²) in [6, 6.07) is 10.0. The summed E-state index contributed by atoms with van der Waals surface area (Å²) in [5, 5.41) is 0.850. The Bertz CT molecular complexity index is 1020. The lowest BCUT2D eigenvalue weighted by atomic mass is 10.0. The Morgan fingerprint density at radius 2 is 1.79 bits per heavy atom. The molecule has 7 heteroatoms. The highest BCUT2D eigenvalue weighted by Crippen LogP contribution is 2.32. The SMILES string of the molecule is Cc1c(-c2ccc(OCCCCBr)cc2)oc2ccc(C(F)(F)F)cc2c1=O. The van der Waals surface area contributed by atoms with Crippen molar-refractivity contribution in [2.24, 2.45) is 0 Å². The lowest BCUT2D eigenvalue weighted by Gasteiger charge is -2.11. The number of halogens is 4. The second-order valence-corrected chi connectivity index (χ2v) is 7.16. The molecule has 2 aromatic carbocycles. The first-order valence-electron chi connectivity index (χ1n) is 8.75. The van der Waals surface area contributed by atoms with Gasteiger partial charge in [-0.1, -0.05) is 15.9 Å². The lowest BCUT2D eigenvalue weighted by Crippen LogP contribution is -2.10. The maximum absolute atomic E-state index is 12.9. The normalized spacial score (nSPS) is 11.8. The van der Waals surface area contributed by atoms with Crippen LogP contribution in [0.25, 0.3) is 22.3 Å². The number of rotatable bonds is 6. The van der Waals surface area contributed by atoms with Gasteiger partial charge in [0.2, 0.25) is 0 Å². The maximum atomic E-state index is 12.9. The average Bonchev–Trinajstić information content (AvgIpc) is 2.67. The molecule has 0 aliphatic rings. The lowest BCUT2D eigenvalue weighted by molar-refractivity contribution is -0.137. The van der Waals surface area contributed by atoms with E-state index in [1.807, 2.05) is 0 Å². The summed E-state index contributed by atoms with van der Waals surface area (Å²) in [5.74, 6) is 1.04. The summed E-state index contributed by atoms with van der Waals surface area (Å²) in [5.41, 5.74) is -0.311. The molecule has 3 rings (SSSR count). The first-order valence-corrected chi connectivity index (χ1v) is 9.87. The summed E-state index contributed by atoms with van der Waals surface area (Å²) >= 11 is 3.37.